The van der Waals surface area contributed by atoms with Crippen molar-refractivity contribution in [3.05, 3.63) is 58.1 Å². The van der Waals surface area contributed by atoms with Gasteiger partial charge >= 0.3 is 0 Å². The Hall–Kier alpha value is -1.51. The van der Waals surface area contributed by atoms with Crippen molar-refractivity contribution in [3.8, 4) is 11.5 Å². The lowest BCUT2D eigenvalue weighted by molar-refractivity contribution is 0.480. The normalized spacial score (nSPS) is 13.8. The van der Waals surface area contributed by atoms with E-state index in [2.05, 4.69) is 12.1 Å². The molecule has 0 saturated heterocycles. The summed E-state index contributed by atoms with van der Waals surface area (Å²) < 4.78 is 5.95. The smallest absolute Gasteiger partial charge is 0.146 e. The number of halogens is 1. The fourth-order valence-electron chi connectivity index (χ4n) is 2.85. The van der Waals surface area contributed by atoms with Gasteiger partial charge < -0.3 is 10.5 Å². The molecule has 0 spiro atoms. The minimum Gasteiger partial charge on any atom is -0.456 e. The van der Waals surface area contributed by atoms with E-state index in [0.29, 0.717) is 17.3 Å². The Labute approximate surface area is 130 Å². The monoisotopic (exact) mass is 301 g/mol. The molecule has 2 aromatic rings. The summed E-state index contributed by atoms with van der Waals surface area (Å²) in [6, 6.07) is 12.2. The Balaban J connectivity index is 1.80. The SMILES string of the molecule is NCCc1ccc(Oc2ccc3c(c2)CCCC3)c(Cl)c1. The van der Waals surface area contributed by atoms with Gasteiger partial charge in [0.1, 0.15) is 11.5 Å². The Bertz CT molecular complexity index is 639. The lowest BCUT2D eigenvalue weighted by Gasteiger charge is -2.17. The van der Waals surface area contributed by atoms with E-state index in [9.17, 15) is 0 Å². The van der Waals surface area contributed by atoms with Crippen molar-refractivity contribution in [2.45, 2.75) is 32.1 Å². The number of fused-ring (bicyclic) bond motifs is 1. The van der Waals surface area contributed by atoms with Crippen LogP contribution in [0.5, 0.6) is 11.5 Å². The lowest BCUT2D eigenvalue weighted by atomic mass is 9.92. The van der Waals surface area contributed by atoms with Crippen LogP contribution in [0.3, 0.4) is 0 Å². The number of nitrogens with two attached hydrogens (primary N) is 1. The van der Waals surface area contributed by atoms with Crippen LogP contribution in [0.4, 0.5) is 0 Å². The molecule has 1 aliphatic carbocycles. The van der Waals surface area contributed by atoms with Crippen LogP contribution in [0, 0.1) is 0 Å². The molecule has 0 amide bonds. The minimum absolute atomic E-state index is 0.626. The molecule has 0 saturated carbocycles. The van der Waals surface area contributed by atoms with Crippen molar-refractivity contribution in [2.75, 3.05) is 6.54 Å². The van der Waals surface area contributed by atoms with Crippen molar-refractivity contribution < 1.29 is 4.74 Å². The average molecular weight is 302 g/mol. The third-order valence-electron chi connectivity index (χ3n) is 3.98. The highest BCUT2D eigenvalue weighted by Crippen LogP contribution is 2.32. The quantitative estimate of drug-likeness (QED) is 0.901. The fourth-order valence-corrected chi connectivity index (χ4v) is 3.09. The highest BCUT2D eigenvalue weighted by molar-refractivity contribution is 6.32. The maximum absolute atomic E-state index is 6.29. The maximum atomic E-state index is 6.29. The summed E-state index contributed by atoms with van der Waals surface area (Å²) in [6.07, 6.45) is 5.73. The summed E-state index contributed by atoms with van der Waals surface area (Å²) >= 11 is 6.29. The van der Waals surface area contributed by atoms with Gasteiger partial charge in [-0.2, -0.15) is 0 Å². The molecule has 2 N–H and O–H groups in total. The molecule has 110 valence electrons. The molecule has 2 nitrogen and oxygen atoms in total. The predicted molar refractivity (Wildman–Crippen MR) is 87.4 cm³/mol. The summed E-state index contributed by atoms with van der Waals surface area (Å²) in [5.74, 6) is 1.57. The second-order valence-corrected chi connectivity index (χ2v) is 5.95. The number of hydrogen-bond donors (Lipinski definition) is 1. The first-order chi connectivity index (χ1) is 10.3. The van der Waals surface area contributed by atoms with Crippen molar-refractivity contribution in [1.29, 1.82) is 0 Å². The van der Waals surface area contributed by atoms with Gasteiger partial charge in [-0.25, -0.2) is 0 Å². The summed E-state index contributed by atoms with van der Waals surface area (Å²) in [6.45, 7) is 0.626. The van der Waals surface area contributed by atoms with Crippen molar-refractivity contribution >= 4 is 11.6 Å². The van der Waals surface area contributed by atoms with Gasteiger partial charge in [0.2, 0.25) is 0 Å². The zero-order valence-corrected chi connectivity index (χ0v) is 12.8. The molecule has 2 aromatic carbocycles. The van der Waals surface area contributed by atoms with Crippen LogP contribution in [-0.2, 0) is 19.3 Å². The molecule has 0 radical (unpaired) electrons. The first-order valence-corrected chi connectivity index (χ1v) is 7.92. The molecular formula is C18H20ClNO. The molecule has 0 atom stereocenters. The van der Waals surface area contributed by atoms with Gasteiger partial charge in [-0.1, -0.05) is 23.7 Å². The van der Waals surface area contributed by atoms with Gasteiger partial charge in [0, 0.05) is 0 Å². The van der Waals surface area contributed by atoms with E-state index in [0.717, 1.165) is 24.2 Å². The molecule has 21 heavy (non-hydrogen) atoms. The minimum atomic E-state index is 0.626. The number of hydrogen-bond acceptors (Lipinski definition) is 2. The number of rotatable bonds is 4. The van der Waals surface area contributed by atoms with E-state index >= 15 is 0 Å². The van der Waals surface area contributed by atoms with E-state index in [1.54, 1.807) is 0 Å². The molecule has 0 aromatic heterocycles. The van der Waals surface area contributed by atoms with Gasteiger partial charge in [-0.05, 0) is 79.6 Å². The van der Waals surface area contributed by atoms with Crippen molar-refractivity contribution in [3.63, 3.8) is 0 Å². The van der Waals surface area contributed by atoms with Crippen molar-refractivity contribution in [2.24, 2.45) is 5.73 Å². The van der Waals surface area contributed by atoms with E-state index in [4.69, 9.17) is 22.1 Å². The molecule has 0 unspecified atom stereocenters. The highest BCUT2D eigenvalue weighted by Gasteiger charge is 2.11. The Morgan fingerprint density at radius 3 is 2.57 bits per heavy atom. The lowest BCUT2D eigenvalue weighted by Crippen LogP contribution is -2.03. The third kappa shape index (κ3) is 3.39. The topological polar surface area (TPSA) is 35.2 Å². The molecule has 3 rings (SSSR count). The molecule has 0 heterocycles. The zero-order chi connectivity index (χ0) is 14.7. The molecular weight excluding hydrogens is 282 g/mol. The molecule has 3 heteroatoms. The van der Waals surface area contributed by atoms with Gasteiger partial charge in [0.05, 0.1) is 5.02 Å². The molecule has 0 aliphatic heterocycles. The van der Waals surface area contributed by atoms with E-state index < -0.39 is 0 Å². The Kier molecular flexibility index (Phi) is 4.47. The first-order valence-electron chi connectivity index (χ1n) is 7.54. The highest BCUT2D eigenvalue weighted by atomic mass is 35.5. The van der Waals surface area contributed by atoms with Gasteiger partial charge in [0.15, 0.2) is 0 Å². The van der Waals surface area contributed by atoms with Gasteiger partial charge in [-0.15, -0.1) is 0 Å². The van der Waals surface area contributed by atoms with E-state index in [-0.39, 0.29) is 0 Å². The van der Waals surface area contributed by atoms with E-state index in [1.807, 2.05) is 24.3 Å². The van der Waals surface area contributed by atoms with Gasteiger partial charge in [-0.3, -0.25) is 0 Å². The molecule has 0 fully saturated rings. The summed E-state index contributed by atoms with van der Waals surface area (Å²) in [4.78, 5) is 0. The Morgan fingerprint density at radius 1 is 1.00 bits per heavy atom. The first kappa shape index (κ1) is 14.4. The third-order valence-corrected chi connectivity index (χ3v) is 4.27. The second kappa shape index (κ2) is 6.50. The second-order valence-electron chi connectivity index (χ2n) is 5.54. The summed E-state index contributed by atoms with van der Waals surface area (Å²) in [5, 5.41) is 0.638. The number of benzene rings is 2. The van der Waals surface area contributed by atoms with Crippen LogP contribution in [0.15, 0.2) is 36.4 Å². The van der Waals surface area contributed by atoms with Crippen LogP contribution in [0.2, 0.25) is 5.02 Å². The van der Waals surface area contributed by atoms with Crippen LogP contribution in [0.1, 0.15) is 29.5 Å². The molecule has 1 aliphatic rings. The summed E-state index contributed by atoms with van der Waals surface area (Å²) in [5.41, 5.74) is 9.57. The summed E-state index contributed by atoms with van der Waals surface area (Å²) in [7, 11) is 0. The van der Waals surface area contributed by atoms with Gasteiger partial charge in [0.25, 0.3) is 0 Å². The van der Waals surface area contributed by atoms with Crippen LogP contribution < -0.4 is 10.5 Å². The molecule has 0 bridgehead atoms. The van der Waals surface area contributed by atoms with Crippen LogP contribution >= 0.6 is 11.6 Å². The van der Waals surface area contributed by atoms with Crippen LogP contribution in [-0.4, -0.2) is 6.54 Å². The Morgan fingerprint density at radius 2 is 1.81 bits per heavy atom. The van der Waals surface area contributed by atoms with Crippen LogP contribution in [0.25, 0.3) is 0 Å². The fraction of sp³-hybridized carbons (Fsp3) is 0.333. The predicted octanol–water partition coefficient (Wildman–Crippen LogP) is 4.51. The standard InChI is InChI=1S/C18H20ClNO/c19-17-11-13(9-10-20)5-8-18(17)21-16-7-6-14-3-1-2-4-15(14)12-16/h5-8,11-12H,1-4,9-10,20H2. The largest absolute Gasteiger partial charge is 0.456 e. The maximum Gasteiger partial charge on any atom is 0.146 e. The average Bonchev–Trinajstić information content (AvgIpc) is 2.50. The van der Waals surface area contributed by atoms with E-state index in [1.165, 1.54) is 30.4 Å². The number of aryl methyl sites for hydroxylation is 2. The zero-order valence-electron chi connectivity index (χ0n) is 12.1. The number of ether oxygens (including phenoxy) is 1. The van der Waals surface area contributed by atoms with Crippen molar-refractivity contribution in [1.82, 2.24) is 0 Å².